The van der Waals surface area contributed by atoms with E-state index >= 15 is 0 Å². The van der Waals surface area contributed by atoms with Gasteiger partial charge in [0.2, 0.25) is 0 Å². The normalized spacial score (nSPS) is 11.4. The molecule has 6 heterocycles. The lowest BCUT2D eigenvalue weighted by Gasteiger charge is -2.12. The van der Waals surface area contributed by atoms with E-state index in [0.29, 0.717) is 0 Å². The zero-order valence-electron chi connectivity index (χ0n) is 63.2. The second-order valence-electron chi connectivity index (χ2n) is 29.2. The van der Waals surface area contributed by atoms with Crippen molar-refractivity contribution in [1.29, 1.82) is 0 Å². The van der Waals surface area contributed by atoms with Crippen molar-refractivity contribution >= 4 is 127 Å². The highest BCUT2D eigenvalue weighted by Gasteiger charge is 2.19. The van der Waals surface area contributed by atoms with Gasteiger partial charge < -0.3 is 0 Å². The summed E-state index contributed by atoms with van der Waals surface area (Å²) in [4.78, 5) is 30.1. The van der Waals surface area contributed by atoms with E-state index in [9.17, 15) is 0 Å². The van der Waals surface area contributed by atoms with Crippen LogP contribution in [0.25, 0.3) is 217 Å². The van der Waals surface area contributed by atoms with Gasteiger partial charge in [-0.25, -0.2) is 29.9 Å². The van der Waals surface area contributed by atoms with Gasteiger partial charge in [-0.1, -0.05) is 322 Å². The van der Waals surface area contributed by atoms with Gasteiger partial charge in [0.15, 0.2) is 17.5 Å². The van der Waals surface area contributed by atoms with Crippen molar-refractivity contribution in [3.8, 4) is 124 Å². The number of hydrogen-bond donors (Lipinski definition) is 0. The molecule has 0 amide bonds. The molecule has 0 spiro atoms. The monoisotopic (exact) mass is 1540 g/mol. The fraction of sp³-hybridized carbons (Fsp3) is 0. The molecule has 548 valence electrons. The topological polar surface area (TPSA) is 77.3 Å². The number of nitrogens with zero attached hydrogens (tertiary/aromatic N) is 6. The van der Waals surface area contributed by atoms with Crippen LogP contribution in [0.4, 0.5) is 0 Å². The molecule has 0 aliphatic carbocycles. The summed E-state index contributed by atoms with van der Waals surface area (Å²) in [7, 11) is 0. The molecule has 0 unspecified atom stereocenters. The molecular weight excluding hydrogens is 1480 g/mol. The predicted molar refractivity (Wildman–Crippen MR) is 497 cm³/mol. The van der Waals surface area contributed by atoms with E-state index in [1.54, 1.807) is 0 Å². The Morgan fingerprint density at radius 2 is 0.359 bits per heavy atom. The fourth-order valence-corrected chi connectivity index (χ4v) is 19.2. The third-order valence-corrected chi connectivity index (χ3v) is 25.3. The van der Waals surface area contributed by atoms with Gasteiger partial charge in [0.1, 0.15) is 0 Å². The molecule has 0 aliphatic rings. The van der Waals surface area contributed by atoms with Crippen molar-refractivity contribution in [3.05, 3.63) is 413 Å². The molecule has 17 aromatic carbocycles. The Bertz CT molecular complexity index is 7650. The number of hydrogen-bond acceptors (Lipinski definition) is 9. The second-order valence-corrected chi connectivity index (χ2v) is 32.4. The summed E-state index contributed by atoms with van der Waals surface area (Å²) in [5.41, 5.74) is 23.9. The molecule has 0 fully saturated rings. The molecule has 6 aromatic heterocycles. The van der Waals surface area contributed by atoms with Crippen LogP contribution in [0.15, 0.2) is 413 Å². The van der Waals surface area contributed by atoms with Crippen LogP contribution in [0.3, 0.4) is 0 Å². The van der Waals surface area contributed by atoms with Crippen LogP contribution in [-0.4, -0.2) is 29.9 Å². The van der Waals surface area contributed by atoms with Crippen molar-refractivity contribution < 1.29 is 0 Å². The van der Waals surface area contributed by atoms with E-state index in [-0.39, 0.29) is 0 Å². The minimum absolute atomic E-state index is 0.737. The van der Waals surface area contributed by atoms with Crippen LogP contribution in [0.1, 0.15) is 0 Å². The van der Waals surface area contributed by atoms with Gasteiger partial charge >= 0.3 is 0 Å². The van der Waals surface area contributed by atoms with Crippen LogP contribution >= 0.6 is 34.0 Å². The Morgan fingerprint density at radius 3 is 0.701 bits per heavy atom. The summed E-state index contributed by atoms with van der Waals surface area (Å²) in [5.74, 6) is 2.22. The molecule has 0 saturated heterocycles. The molecule has 117 heavy (non-hydrogen) atoms. The Hall–Kier alpha value is -14.6. The molecule has 0 N–H and O–H groups in total. The van der Waals surface area contributed by atoms with Crippen LogP contribution in [0, 0.1) is 0 Å². The standard InChI is InChI=1S/2C38H24N2S.C32H20N2S/c1-3-9-27(10-4-1)37-32-21-19-30(24-34(32)39-38(40-37)28-11-5-2-6-12-28)26-17-15-25(16-18-26)29-20-22-36-33(23-29)31-13-7-8-14-35(31)41-36;1-3-9-27(10-4-1)37-33-24-29(19-21-34(33)39-38(40-37)28-11-5-2-6-12-28)25-15-17-26(18-16-25)30-20-22-36-32(23-30)31-13-7-8-14-35(31)41-36;1-3-9-21(10-4-1)31-26-17-15-24(20-28(26)33-32(34-31)22-11-5-2-6-12-22)23-16-18-30-27(19-23)25-13-7-8-14-29(25)35-30/h2*1-24H;1-20H. The van der Waals surface area contributed by atoms with Crippen molar-refractivity contribution in [1.82, 2.24) is 29.9 Å². The maximum absolute atomic E-state index is 5.06. The zero-order chi connectivity index (χ0) is 77.5. The van der Waals surface area contributed by atoms with E-state index in [4.69, 9.17) is 29.9 Å². The first-order chi connectivity index (χ1) is 57.9. The van der Waals surface area contributed by atoms with Gasteiger partial charge in [0, 0.05) is 110 Å². The Balaban J connectivity index is 0.000000110. The van der Waals surface area contributed by atoms with Gasteiger partial charge in [0.05, 0.1) is 33.6 Å². The molecule has 6 nitrogen and oxygen atoms in total. The quantitative estimate of drug-likeness (QED) is 0.128. The van der Waals surface area contributed by atoms with Crippen LogP contribution in [-0.2, 0) is 0 Å². The highest BCUT2D eigenvalue weighted by Crippen LogP contribution is 2.43. The third kappa shape index (κ3) is 13.9. The van der Waals surface area contributed by atoms with Crippen molar-refractivity contribution in [3.63, 3.8) is 0 Å². The first-order valence-corrected chi connectivity index (χ1v) is 41.6. The van der Waals surface area contributed by atoms with Gasteiger partial charge in [-0.15, -0.1) is 34.0 Å². The van der Waals surface area contributed by atoms with E-state index in [2.05, 4.69) is 340 Å². The van der Waals surface area contributed by atoms with E-state index in [0.717, 1.165) is 117 Å². The van der Waals surface area contributed by atoms with Gasteiger partial charge in [-0.2, -0.15) is 0 Å². The maximum Gasteiger partial charge on any atom is 0.160 e. The van der Waals surface area contributed by atoms with Gasteiger partial charge in [-0.05, 0) is 147 Å². The van der Waals surface area contributed by atoms with Crippen LogP contribution in [0.5, 0.6) is 0 Å². The minimum Gasteiger partial charge on any atom is -0.228 e. The molecule has 0 saturated carbocycles. The Morgan fingerprint density at radius 1 is 0.128 bits per heavy atom. The molecule has 0 aliphatic heterocycles. The molecule has 9 heteroatoms. The average molecular weight is 1550 g/mol. The smallest absolute Gasteiger partial charge is 0.160 e. The summed E-state index contributed by atoms with van der Waals surface area (Å²) < 4.78 is 7.97. The summed E-state index contributed by atoms with van der Waals surface area (Å²) in [5, 5.41) is 11.1. The van der Waals surface area contributed by atoms with Crippen molar-refractivity contribution in [2.24, 2.45) is 0 Å². The predicted octanol–water partition coefficient (Wildman–Crippen LogP) is 30.3. The van der Waals surface area contributed by atoms with Crippen molar-refractivity contribution in [2.75, 3.05) is 0 Å². The zero-order valence-corrected chi connectivity index (χ0v) is 65.6. The fourth-order valence-electron chi connectivity index (χ4n) is 16.0. The SMILES string of the molecule is c1ccc(-c2nc(-c3ccccc3)c3cc(-c4ccc(-c5ccc6sc7ccccc7c6c5)cc4)ccc3n2)cc1.c1ccc(-c2nc(-c3ccccc3)c3ccc(-c4ccc(-c5ccc6sc7ccccc7c6c5)cc4)cc3n2)cc1.c1ccc(-c2nc(-c3ccccc3)c3ccc(-c4ccc5sc6ccccc6c5c4)cc3n2)cc1. The number of aromatic nitrogens is 6. The minimum atomic E-state index is 0.737. The van der Waals surface area contributed by atoms with E-state index in [1.807, 2.05) is 107 Å². The molecule has 0 atom stereocenters. The molecule has 0 bridgehead atoms. The van der Waals surface area contributed by atoms with E-state index in [1.165, 1.54) is 99.5 Å². The molecule has 23 rings (SSSR count). The number of rotatable bonds is 11. The molecular formula is C108H68N6S3. The Labute approximate surface area is 688 Å². The van der Waals surface area contributed by atoms with Crippen LogP contribution in [0.2, 0.25) is 0 Å². The lowest BCUT2D eigenvalue weighted by molar-refractivity contribution is 1.23. The lowest BCUT2D eigenvalue weighted by Crippen LogP contribution is -1.95. The largest absolute Gasteiger partial charge is 0.228 e. The second kappa shape index (κ2) is 30.7. The highest BCUT2D eigenvalue weighted by atomic mass is 32.1. The first-order valence-electron chi connectivity index (χ1n) is 39.2. The maximum atomic E-state index is 5.06. The number of thiophene rings is 3. The Kier molecular flexibility index (Phi) is 18.5. The van der Waals surface area contributed by atoms with Crippen LogP contribution < -0.4 is 0 Å². The molecule has 23 aromatic rings. The van der Waals surface area contributed by atoms with Gasteiger partial charge in [-0.3, -0.25) is 0 Å². The highest BCUT2D eigenvalue weighted by molar-refractivity contribution is 7.26. The average Bonchev–Trinajstić information content (AvgIpc) is 1.41. The summed E-state index contributed by atoms with van der Waals surface area (Å²) in [6, 6.07) is 145. The summed E-state index contributed by atoms with van der Waals surface area (Å²) in [6.07, 6.45) is 0. The third-order valence-electron chi connectivity index (χ3n) is 21.9. The van der Waals surface area contributed by atoms with E-state index < -0.39 is 0 Å². The van der Waals surface area contributed by atoms with Gasteiger partial charge in [0.25, 0.3) is 0 Å². The molecule has 0 radical (unpaired) electrons. The number of fused-ring (bicyclic) bond motifs is 12. The summed E-state index contributed by atoms with van der Waals surface area (Å²) >= 11 is 5.56. The lowest BCUT2D eigenvalue weighted by atomic mass is 9.97. The first kappa shape index (κ1) is 70.3. The number of benzene rings is 17. The van der Waals surface area contributed by atoms with Crippen molar-refractivity contribution in [2.45, 2.75) is 0 Å². The summed E-state index contributed by atoms with van der Waals surface area (Å²) in [6.45, 7) is 0.